The summed E-state index contributed by atoms with van der Waals surface area (Å²) in [5.74, 6) is 0. The van der Waals surface area contributed by atoms with Gasteiger partial charge in [-0.05, 0) is 30.7 Å². The van der Waals surface area contributed by atoms with Gasteiger partial charge in [0.25, 0.3) is 0 Å². The van der Waals surface area contributed by atoms with Gasteiger partial charge in [-0.3, -0.25) is 0 Å². The van der Waals surface area contributed by atoms with Crippen molar-refractivity contribution in [1.29, 1.82) is 0 Å². The molecule has 0 saturated heterocycles. The first-order valence-electron chi connectivity index (χ1n) is 5.81. The molecule has 0 bridgehead atoms. The van der Waals surface area contributed by atoms with Crippen LogP contribution in [-0.2, 0) is 16.6 Å². The molecule has 0 atom stereocenters. The highest BCUT2D eigenvalue weighted by molar-refractivity contribution is 7.89. The SMILES string of the molecule is CCNCc1cccc(S(=O)(=O)NCC)c1C. The van der Waals surface area contributed by atoms with Crippen LogP contribution < -0.4 is 10.0 Å². The zero-order valence-electron chi connectivity index (χ0n) is 10.6. The topological polar surface area (TPSA) is 58.2 Å². The van der Waals surface area contributed by atoms with Crippen LogP contribution in [0.5, 0.6) is 0 Å². The Kier molecular flexibility index (Phi) is 5.11. The van der Waals surface area contributed by atoms with E-state index in [0.717, 1.165) is 17.7 Å². The van der Waals surface area contributed by atoms with Crippen LogP contribution in [0.4, 0.5) is 0 Å². The molecule has 0 aromatic heterocycles. The Morgan fingerprint density at radius 3 is 2.47 bits per heavy atom. The highest BCUT2D eigenvalue weighted by Crippen LogP contribution is 2.18. The van der Waals surface area contributed by atoms with Crippen LogP contribution >= 0.6 is 0 Å². The molecule has 96 valence electrons. The number of nitrogens with one attached hydrogen (secondary N) is 2. The van der Waals surface area contributed by atoms with Crippen molar-refractivity contribution >= 4 is 10.0 Å². The molecule has 0 fully saturated rings. The Labute approximate surface area is 103 Å². The third-order valence-electron chi connectivity index (χ3n) is 2.59. The fourth-order valence-electron chi connectivity index (χ4n) is 1.67. The summed E-state index contributed by atoms with van der Waals surface area (Å²) in [6.07, 6.45) is 0. The normalized spacial score (nSPS) is 11.7. The summed E-state index contributed by atoms with van der Waals surface area (Å²) < 4.78 is 26.4. The molecule has 0 spiro atoms. The van der Waals surface area contributed by atoms with Crippen molar-refractivity contribution in [1.82, 2.24) is 10.0 Å². The second-order valence-electron chi connectivity index (χ2n) is 3.82. The lowest BCUT2D eigenvalue weighted by molar-refractivity contribution is 0.583. The molecular weight excluding hydrogens is 236 g/mol. The highest BCUT2D eigenvalue weighted by Gasteiger charge is 2.16. The first-order valence-corrected chi connectivity index (χ1v) is 7.30. The Hall–Kier alpha value is -0.910. The van der Waals surface area contributed by atoms with Gasteiger partial charge in [0, 0.05) is 13.1 Å². The van der Waals surface area contributed by atoms with Gasteiger partial charge in [-0.15, -0.1) is 0 Å². The Morgan fingerprint density at radius 2 is 1.88 bits per heavy atom. The van der Waals surface area contributed by atoms with Gasteiger partial charge in [-0.1, -0.05) is 26.0 Å². The van der Waals surface area contributed by atoms with Gasteiger partial charge in [0.1, 0.15) is 0 Å². The van der Waals surface area contributed by atoms with E-state index in [1.54, 1.807) is 19.1 Å². The van der Waals surface area contributed by atoms with E-state index >= 15 is 0 Å². The summed E-state index contributed by atoms with van der Waals surface area (Å²) in [6, 6.07) is 5.37. The van der Waals surface area contributed by atoms with Gasteiger partial charge in [0.05, 0.1) is 4.90 Å². The molecule has 0 aliphatic rings. The number of rotatable bonds is 6. The molecule has 0 amide bonds. The lowest BCUT2D eigenvalue weighted by atomic mass is 10.1. The minimum absolute atomic E-state index is 0.370. The summed E-state index contributed by atoms with van der Waals surface area (Å²) in [5.41, 5.74) is 1.83. The predicted molar refractivity (Wildman–Crippen MR) is 69.4 cm³/mol. The second-order valence-corrected chi connectivity index (χ2v) is 5.56. The molecule has 5 heteroatoms. The smallest absolute Gasteiger partial charge is 0.240 e. The van der Waals surface area contributed by atoms with Gasteiger partial charge in [0.15, 0.2) is 0 Å². The van der Waals surface area contributed by atoms with Gasteiger partial charge in [-0.2, -0.15) is 0 Å². The monoisotopic (exact) mass is 256 g/mol. The van der Waals surface area contributed by atoms with Gasteiger partial charge in [0.2, 0.25) is 10.0 Å². The van der Waals surface area contributed by atoms with E-state index in [1.807, 2.05) is 19.9 Å². The average Bonchev–Trinajstić information content (AvgIpc) is 2.27. The average molecular weight is 256 g/mol. The number of hydrogen-bond acceptors (Lipinski definition) is 3. The molecule has 0 saturated carbocycles. The van der Waals surface area contributed by atoms with Crippen molar-refractivity contribution in [3.8, 4) is 0 Å². The predicted octanol–water partition coefficient (Wildman–Crippen LogP) is 1.40. The third-order valence-corrected chi connectivity index (χ3v) is 4.28. The minimum Gasteiger partial charge on any atom is -0.313 e. The van der Waals surface area contributed by atoms with Crippen LogP contribution in [0.15, 0.2) is 23.1 Å². The molecule has 17 heavy (non-hydrogen) atoms. The van der Waals surface area contributed by atoms with Crippen LogP contribution in [-0.4, -0.2) is 21.5 Å². The fraction of sp³-hybridized carbons (Fsp3) is 0.500. The molecule has 2 N–H and O–H groups in total. The van der Waals surface area contributed by atoms with Crippen LogP contribution in [0, 0.1) is 6.92 Å². The molecule has 0 aliphatic heterocycles. The number of benzene rings is 1. The largest absolute Gasteiger partial charge is 0.313 e. The van der Waals surface area contributed by atoms with E-state index in [9.17, 15) is 8.42 Å². The summed E-state index contributed by atoms with van der Waals surface area (Å²) >= 11 is 0. The van der Waals surface area contributed by atoms with Gasteiger partial charge < -0.3 is 5.32 Å². The molecule has 1 rings (SSSR count). The highest BCUT2D eigenvalue weighted by atomic mass is 32.2. The maximum atomic E-state index is 11.9. The Balaban J connectivity index is 3.10. The maximum absolute atomic E-state index is 11.9. The van der Waals surface area contributed by atoms with Crippen molar-refractivity contribution in [3.63, 3.8) is 0 Å². The second kappa shape index (κ2) is 6.14. The van der Waals surface area contributed by atoms with E-state index in [1.165, 1.54) is 0 Å². The Bertz CT molecular complexity index is 469. The zero-order chi connectivity index (χ0) is 12.9. The fourth-order valence-corrected chi connectivity index (χ4v) is 3.00. The summed E-state index contributed by atoms with van der Waals surface area (Å²) in [5, 5.41) is 3.20. The lowest BCUT2D eigenvalue weighted by Crippen LogP contribution is -2.24. The summed E-state index contributed by atoms with van der Waals surface area (Å²) in [4.78, 5) is 0.370. The van der Waals surface area contributed by atoms with Crippen LogP contribution in [0.3, 0.4) is 0 Å². The molecule has 1 aromatic carbocycles. The van der Waals surface area contributed by atoms with E-state index in [2.05, 4.69) is 10.0 Å². The van der Waals surface area contributed by atoms with Gasteiger partial charge >= 0.3 is 0 Å². The quantitative estimate of drug-likeness (QED) is 0.809. The first kappa shape index (κ1) is 14.2. The standard InChI is InChI=1S/C12H20N2O2S/c1-4-13-9-11-7-6-8-12(10(11)3)17(15,16)14-5-2/h6-8,13-14H,4-5,9H2,1-3H3. The van der Waals surface area contributed by atoms with Crippen molar-refractivity contribution < 1.29 is 8.42 Å². The third kappa shape index (κ3) is 3.52. The molecule has 0 aliphatic carbocycles. The maximum Gasteiger partial charge on any atom is 0.240 e. The van der Waals surface area contributed by atoms with Crippen molar-refractivity contribution in [2.45, 2.75) is 32.2 Å². The first-order chi connectivity index (χ1) is 8.03. The van der Waals surface area contributed by atoms with Crippen LogP contribution in [0.25, 0.3) is 0 Å². The number of hydrogen-bond donors (Lipinski definition) is 2. The summed E-state index contributed by atoms with van der Waals surface area (Å²) in [6.45, 7) is 7.60. The van der Waals surface area contributed by atoms with Crippen molar-refractivity contribution in [2.24, 2.45) is 0 Å². The molecule has 0 radical (unpaired) electrons. The molecule has 0 heterocycles. The Morgan fingerprint density at radius 1 is 1.18 bits per heavy atom. The van der Waals surface area contributed by atoms with E-state index in [-0.39, 0.29) is 0 Å². The summed E-state index contributed by atoms with van der Waals surface area (Å²) in [7, 11) is -3.37. The molecule has 0 unspecified atom stereocenters. The zero-order valence-corrected chi connectivity index (χ0v) is 11.4. The number of sulfonamides is 1. The van der Waals surface area contributed by atoms with Crippen LogP contribution in [0.1, 0.15) is 25.0 Å². The molecule has 4 nitrogen and oxygen atoms in total. The molecule has 1 aromatic rings. The van der Waals surface area contributed by atoms with Crippen molar-refractivity contribution in [3.05, 3.63) is 29.3 Å². The van der Waals surface area contributed by atoms with Gasteiger partial charge in [-0.25, -0.2) is 13.1 Å². The van der Waals surface area contributed by atoms with E-state index < -0.39 is 10.0 Å². The minimum atomic E-state index is -3.37. The van der Waals surface area contributed by atoms with E-state index in [0.29, 0.717) is 18.0 Å². The van der Waals surface area contributed by atoms with Crippen LogP contribution in [0.2, 0.25) is 0 Å². The lowest BCUT2D eigenvalue weighted by Gasteiger charge is -2.12. The van der Waals surface area contributed by atoms with E-state index in [4.69, 9.17) is 0 Å². The van der Waals surface area contributed by atoms with Crippen molar-refractivity contribution in [2.75, 3.05) is 13.1 Å². The molecular formula is C12H20N2O2S.